The van der Waals surface area contributed by atoms with Gasteiger partial charge in [0.2, 0.25) is 0 Å². The molecule has 3 rings (SSSR count). The van der Waals surface area contributed by atoms with Crippen molar-refractivity contribution in [3.05, 3.63) is 65.7 Å². The van der Waals surface area contributed by atoms with Crippen LogP contribution < -0.4 is 5.01 Å². The first kappa shape index (κ1) is 17.9. The molecular formula is C21H22N2O3. The summed E-state index contributed by atoms with van der Waals surface area (Å²) in [7, 11) is 0. The van der Waals surface area contributed by atoms with E-state index in [2.05, 4.69) is 5.10 Å². The van der Waals surface area contributed by atoms with E-state index in [0.29, 0.717) is 0 Å². The highest BCUT2D eigenvalue weighted by molar-refractivity contribution is 6.40. The average molecular weight is 350 g/mol. The lowest BCUT2D eigenvalue weighted by Gasteiger charge is -2.26. The molecule has 0 bridgehead atoms. The maximum Gasteiger partial charge on any atom is 0.355 e. The van der Waals surface area contributed by atoms with Crippen LogP contribution in [-0.4, -0.2) is 30.1 Å². The molecule has 26 heavy (non-hydrogen) atoms. The Bertz CT molecular complexity index is 828. The van der Waals surface area contributed by atoms with Gasteiger partial charge >= 0.3 is 5.97 Å². The minimum Gasteiger partial charge on any atom is -0.461 e. The minimum atomic E-state index is -0.584. The lowest BCUT2D eigenvalue weighted by atomic mass is 9.86. The summed E-state index contributed by atoms with van der Waals surface area (Å²) in [6.07, 6.45) is 0. The summed E-state index contributed by atoms with van der Waals surface area (Å²) in [5.41, 5.74) is 3.02. The van der Waals surface area contributed by atoms with Gasteiger partial charge in [0.15, 0.2) is 11.5 Å². The molecule has 2 aromatic rings. The Labute approximate surface area is 153 Å². The number of carbonyl (C=O) groups excluding carboxylic acids is 2. The molecule has 0 radical (unpaired) electrons. The Morgan fingerprint density at radius 2 is 1.73 bits per heavy atom. The number of hydrazone groups is 1. The smallest absolute Gasteiger partial charge is 0.355 e. The van der Waals surface area contributed by atoms with Crippen LogP contribution in [0.15, 0.2) is 59.7 Å². The lowest BCUT2D eigenvalue weighted by molar-refractivity contribution is -0.135. The molecule has 0 spiro atoms. The topological polar surface area (TPSA) is 59.0 Å². The van der Waals surface area contributed by atoms with Gasteiger partial charge in [0, 0.05) is 0 Å². The first-order valence-electron chi connectivity index (χ1n) is 8.69. The Morgan fingerprint density at radius 1 is 1.08 bits per heavy atom. The molecule has 0 aromatic heterocycles. The molecule has 0 saturated heterocycles. The highest BCUT2D eigenvalue weighted by Gasteiger charge is 2.45. The van der Waals surface area contributed by atoms with Gasteiger partial charge in [-0.3, -0.25) is 9.80 Å². The number of rotatable bonds is 5. The van der Waals surface area contributed by atoms with Crippen LogP contribution in [0.25, 0.3) is 0 Å². The molecule has 0 N–H and O–H groups in total. The summed E-state index contributed by atoms with van der Waals surface area (Å²) in [4.78, 5) is 25.1. The number of ketones is 1. The number of Topliss-reactive ketones (excluding diaryl/α,β-unsaturated/α-hetero) is 1. The molecule has 5 nitrogen and oxygen atoms in total. The van der Waals surface area contributed by atoms with Crippen molar-refractivity contribution >= 4 is 23.2 Å². The number of carbonyl (C=O) groups is 2. The minimum absolute atomic E-state index is 0.0533. The predicted octanol–water partition coefficient (Wildman–Crippen LogP) is 3.48. The summed E-state index contributed by atoms with van der Waals surface area (Å²) in [5.74, 6) is -1.00. The Morgan fingerprint density at radius 3 is 2.31 bits per heavy atom. The third-order valence-corrected chi connectivity index (χ3v) is 4.45. The monoisotopic (exact) mass is 350 g/mol. The molecule has 1 aliphatic heterocycles. The van der Waals surface area contributed by atoms with Crippen LogP contribution in [0.3, 0.4) is 0 Å². The van der Waals surface area contributed by atoms with Crippen molar-refractivity contribution in [3.8, 4) is 0 Å². The van der Waals surface area contributed by atoms with E-state index in [4.69, 9.17) is 4.74 Å². The van der Waals surface area contributed by atoms with E-state index >= 15 is 0 Å². The maximum atomic E-state index is 12.5. The highest BCUT2D eigenvalue weighted by atomic mass is 16.5. The summed E-state index contributed by atoms with van der Waals surface area (Å²) in [6, 6.07) is 16.7. The van der Waals surface area contributed by atoms with Crippen molar-refractivity contribution < 1.29 is 14.3 Å². The first-order chi connectivity index (χ1) is 12.5. The summed E-state index contributed by atoms with van der Waals surface area (Å²) >= 11 is 0. The third-order valence-electron chi connectivity index (χ3n) is 4.45. The second-order valence-electron chi connectivity index (χ2n) is 6.33. The van der Waals surface area contributed by atoms with Crippen molar-refractivity contribution in [2.45, 2.75) is 32.7 Å². The van der Waals surface area contributed by atoms with E-state index in [-0.39, 0.29) is 18.1 Å². The van der Waals surface area contributed by atoms with Crippen LogP contribution in [0, 0.1) is 6.92 Å². The van der Waals surface area contributed by atoms with Gasteiger partial charge in [0.1, 0.15) is 6.04 Å². The second kappa shape index (κ2) is 7.52. The van der Waals surface area contributed by atoms with Crippen LogP contribution in [0.1, 0.15) is 30.9 Å². The van der Waals surface area contributed by atoms with Crippen molar-refractivity contribution in [3.63, 3.8) is 0 Å². The van der Waals surface area contributed by atoms with E-state index in [1.54, 1.807) is 11.9 Å². The molecule has 5 heteroatoms. The predicted molar refractivity (Wildman–Crippen MR) is 101 cm³/mol. The van der Waals surface area contributed by atoms with Gasteiger partial charge in [-0.1, -0.05) is 48.0 Å². The zero-order valence-electron chi connectivity index (χ0n) is 15.2. The normalized spacial score (nSPS) is 19.2. The largest absolute Gasteiger partial charge is 0.461 e. The molecule has 2 atom stereocenters. The van der Waals surface area contributed by atoms with E-state index in [9.17, 15) is 9.59 Å². The number of hydrogen-bond acceptors (Lipinski definition) is 5. The molecule has 0 fully saturated rings. The lowest BCUT2D eigenvalue weighted by Crippen LogP contribution is -2.39. The molecule has 0 aliphatic carbocycles. The van der Waals surface area contributed by atoms with Crippen LogP contribution >= 0.6 is 0 Å². The van der Waals surface area contributed by atoms with Gasteiger partial charge < -0.3 is 4.74 Å². The van der Waals surface area contributed by atoms with E-state index in [0.717, 1.165) is 16.8 Å². The van der Waals surface area contributed by atoms with Gasteiger partial charge in [0.25, 0.3) is 0 Å². The molecule has 0 saturated carbocycles. The van der Waals surface area contributed by atoms with Crippen molar-refractivity contribution in [1.29, 1.82) is 0 Å². The number of hydrogen-bond donors (Lipinski definition) is 0. The van der Waals surface area contributed by atoms with Gasteiger partial charge in [-0.2, -0.15) is 5.10 Å². The molecule has 2 aromatic carbocycles. The van der Waals surface area contributed by atoms with E-state index in [1.807, 2.05) is 61.5 Å². The molecule has 134 valence electrons. The number of ether oxygens (including phenoxy) is 1. The quantitative estimate of drug-likeness (QED) is 0.775. The van der Waals surface area contributed by atoms with Crippen molar-refractivity contribution in [2.24, 2.45) is 5.10 Å². The first-order valence-corrected chi connectivity index (χ1v) is 8.69. The van der Waals surface area contributed by atoms with Crippen LogP contribution in [0.4, 0.5) is 5.69 Å². The van der Waals surface area contributed by atoms with Crippen LogP contribution in [-0.2, 0) is 14.3 Å². The van der Waals surface area contributed by atoms with Gasteiger partial charge in [-0.05, 0) is 38.5 Å². The number of anilines is 1. The molecular weight excluding hydrogens is 328 g/mol. The second-order valence-corrected chi connectivity index (χ2v) is 6.33. The van der Waals surface area contributed by atoms with Crippen molar-refractivity contribution in [2.75, 3.05) is 11.6 Å². The van der Waals surface area contributed by atoms with Gasteiger partial charge in [-0.25, -0.2) is 4.79 Å². The fraction of sp³-hybridized carbons (Fsp3) is 0.286. The summed E-state index contributed by atoms with van der Waals surface area (Å²) < 4.78 is 5.20. The Hall–Kier alpha value is -2.95. The fourth-order valence-electron chi connectivity index (χ4n) is 3.23. The number of esters is 1. The zero-order valence-corrected chi connectivity index (χ0v) is 15.2. The van der Waals surface area contributed by atoms with Gasteiger partial charge in [0.05, 0.1) is 18.2 Å². The SMILES string of the molecule is CCOC(=O)C1=NN(c2ccc(C)cc2)C(C(C)=O)C1c1ccccc1. The average Bonchev–Trinajstić information content (AvgIpc) is 3.04. The maximum absolute atomic E-state index is 12.5. The molecule has 1 aliphatic rings. The standard InChI is InChI=1S/C21H22N2O3/c1-4-26-21(25)19-18(16-8-6-5-7-9-16)20(15(3)24)23(22-19)17-12-10-14(2)11-13-17/h5-13,18,20H,4H2,1-3H3. The van der Waals surface area contributed by atoms with Crippen LogP contribution in [0.2, 0.25) is 0 Å². The molecule has 2 unspecified atom stereocenters. The Balaban J connectivity index is 2.10. The number of aryl methyl sites for hydroxylation is 1. The van der Waals surface area contributed by atoms with Crippen LogP contribution in [0.5, 0.6) is 0 Å². The molecule has 1 heterocycles. The number of nitrogens with zero attached hydrogens (tertiary/aromatic N) is 2. The molecule has 0 amide bonds. The highest BCUT2D eigenvalue weighted by Crippen LogP contribution is 2.36. The van der Waals surface area contributed by atoms with E-state index in [1.165, 1.54) is 6.92 Å². The fourth-order valence-corrected chi connectivity index (χ4v) is 3.23. The number of benzene rings is 2. The zero-order chi connectivity index (χ0) is 18.7. The van der Waals surface area contributed by atoms with Crippen molar-refractivity contribution in [1.82, 2.24) is 0 Å². The summed E-state index contributed by atoms with van der Waals surface area (Å²) in [6.45, 7) is 5.54. The Kier molecular flexibility index (Phi) is 5.16. The summed E-state index contributed by atoms with van der Waals surface area (Å²) in [5, 5.41) is 6.17. The van der Waals surface area contributed by atoms with E-state index < -0.39 is 17.9 Å². The third kappa shape index (κ3) is 3.38. The van der Waals surface area contributed by atoms with Gasteiger partial charge in [-0.15, -0.1) is 0 Å².